The molecule has 0 aromatic carbocycles. The summed E-state index contributed by atoms with van der Waals surface area (Å²) < 4.78 is 5.83. The fourth-order valence-electron chi connectivity index (χ4n) is 2.47. The number of rotatable bonds is 3. The standard InChI is InChI=1S/C16H20N2O/c1-11-6-4-5-7-14(11)10-19-16-15(9-17)12(2)8-13(3)18-16/h4-5,8,11,14H,6-7,10H2,1-3H3. The zero-order chi connectivity index (χ0) is 13.8. The van der Waals surface area contributed by atoms with Crippen LogP contribution in [0.25, 0.3) is 0 Å². The maximum absolute atomic E-state index is 9.20. The van der Waals surface area contributed by atoms with E-state index in [2.05, 4.69) is 30.1 Å². The van der Waals surface area contributed by atoms with Crippen LogP contribution in [0, 0.1) is 37.0 Å². The Balaban J connectivity index is 2.11. The lowest BCUT2D eigenvalue weighted by atomic mass is 9.85. The third-order valence-corrected chi connectivity index (χ3v) is 3.78. The van der Waals surface area contributed by atoms with E-state index in [1.165, 1.54) is 0 Å². The molecule has 0 radical (unpaired) electrons. The third kappa shape index (κ3) is 3.14. The van der Waals surface area contributed by atoms with Crippen LogP contribution in [0.5, 0.6) is 5.88 Å². The number of nitrogens with zero attached hydrogens (tertiary/aromatic N) is 2. The van der Waals surface area contributed by atoms with Gasteiger partial charge in [-0.25, -0.2) is 4.98 Å². The maximum atomic E-state index is 9.20. The minimum absolute atomic E-state index is 0.488. The Morgan fingerprint density at radius 2 is 2.11 bits per heavy atom. The van der Waals surface area contributed by atoms with Crippen molar-refractivity contribution in [1.29, 1.82) is 5.26 Å². The summed E-state index contributed by atoms with van der Waals surface area (Å²) in [5, 5.41) is 9.20. The van der Waals surface area contributed by atoms with Crippen molar-refractivity contribution in [3.8, 4) is 11.9 Å². The molecule has 0 saturated heterocycles. The molecule has 0 N–H and O–H groups in total. The van der Waals surface area contributed by atoms with Crippen LogP contribution in [-0.2, 0) is 0 Å². The highest BCUT2D eigenvalue weighted by molar-refractivity contribution is 5.45. The number of pyridine rings is 1. The zero-order valence-corrected chi connectivity index (χ0v) is 11.8. The van der Waals surface area contributed by atoms with Gasteiger partial charge in [-0.15, -0.1) is 0 Å². The van der Waals surface area contributed by atoms with E-state index in [9.17, 15) is 5.26 Å². The van der Waals surface area contributed by atoms with Gasteiger partial charge in [-0.2, -0.15) is 5.26 Å². The summed E-state index contributed by atoms with van der Waals surface area (Å²) in [4.78, 5) is 4.35. The molecule has 2 unspecified atom stereocenters. The van der Waals surface area contributed by atoms with Crippen molar-refractivity contribution < 1.29 is 4.74 Å². The van der Waals surface area contributed by atoms with Crippen LogP contribution in [-0.4, -0.2) is 11.6 Å². The Kier molecular flexibility index (Phi) is 4.21. The second-order valence-corrected chi connectivity index (χ2v) is 5.36. The number of aromatic nitrogens is 1. The van der Waals surface area contributed by atoms with Crippen molar-refractivity contribution >= 4 is 0 Å². The molecule has 0 aliphatic heterocycles. The summed E-state index contributed by atoms with van der Waals surface area (Å²) in [6, 6.07) is 4.10. The van der Waals surface area contributed by atoms with E-state index in [0.29, 0.717) is 29.9 Å². The molecule has 0 fully saturated rings. The van der Waals surface area contributed by atoms with E-state index < -0.39 is 0 Å². The molecule has 3 heteroatoms. The van der Waals surface area contributed by atoms with Crippen LogP contribution in [0.15, 0.2) is 18.2 Å². The molecule has 2 atom stereocenters. The summed E-state index contributed by atoms with van der Waals surface area (Å²) in [5.74, 6) is 1.63. The van der Waals surface area contributed by atoms with Crippen LogP contribution in [0.3, 0.4) is 0 Å². The quantitative estimate of drug-likeness (QED) is 0.777. The topological polar surface area (TPSA) is 45.9 Å². The van der Waals surface area contributed by atoms with Crippen LogP contribution >= 0.6 is 0 Å². The SMILES string of the molecule is Cc1cc(C)c(C#N)c(OCC2CC=CCC2C)n1. The van der Waals surface area contributed by atoms with E-state index in [1.54, 1.807) is 0 Å². The second-order valence-electron chi connectivity index (χ2n) is 5.36. The average molecular weight is 256 g/mol. The Bertz CT molecular complexity index is 528. The van der Waals surface area contributed by atoms with Crippen molar-refractivity contribution in [2.75, 3.05) is 6.61 Å². The molecule has 1 aromatic heterocycles. The van der Waals surface area contributed by atoms with Crippen molar-refractivity contribution in [2.45, 2.75) is 33.6 Å². The van der Waals surface area contributed by atoms with Crippen molar-refractivity contribution in [1.82, 2.24) is 4.98 Å². The van der Waals surface area contributed by atoms with Gasteiger partial charge in [0.05, 0.1) is 6.61 Å². The lowest BCUT2D eigenvalue weighted by Gasteiger charge is -2.25. The lowest BCUT2D eigenvalue weighted by Crippen LogP contribution is -2.21. The fourth-order valence-corrected chi connectivity index (χ4v) is 2.47. The molecule has 0 saturated carbocycles. The highest BCUT2D eigenvalue weighted by atomic mass is 16.5. The van der Waals surface area contributed by atoms with Crippen molar-refractivity contribution in [3.63, 3.8) is 0 Å². The van der Waals surface area contributed by atoms with E-state index >= 15 is 0 Å². The predicted molar refractivity (Wildman–Crippen MR) is 74.9 cm³/mol. The highest BCUT2D eigenvalue weighted by Gasteiger charge is 2.20. The molecule has 0 bridgehead atoms. The smallest absolute Gasteiger partial charge is 0.232 e. The van der Waals surface area contributed by atoms with Crippen LogP contribution in [0.1, 0.15) is 36.6 Å². The molecule has 2 rings (SSSR count). The molecule has 1 aromatic rings. The van der Waals surface area contributed by atoms with Gasteiger partial charge < -0.3 is 4.74 Å². The molecule has 3 nitrogen and oxygen atoms in total. The zero-order valence-electron chi connectivity index (χ0n) is 11.8. The molecule has 100 valence electrons. The second kappa shape index (κ2) is 5.88. The molecule has 19 heavy (non-hydrogen) atoms. The van der Waals surface area contributed by atoms with Gasteiger partial charge in [0.15, 0.2) is 0 Å². The van der Waals surface area contributed by atoms with Gasteiger partial charge in [0, 0.05) is 5.69 Å². The van der Waals surface area contributed by atoms with Crippen LogP contribution in [0.2, 0.25) is 0 Å². The summed E-state index contributed by atoms with van der Waals surface area (Å²) in [7, 11) is 0. The first-order valence-electron chi connectivity index (χ1n) is 6.78. The van der Waals surface area contributed by atoms with E-state index in [4.69, 9.17) is 4.74 Å². The van der Waals surface area contributed by atoms with Crippen LogP contribution in [0.4, 0.5) is 0 Å². The first-order valence-corrected chi connectivity index (χ1v) is 6.78. The minimum Gasteiger partial charge on any atom is -0.476 e. The lowest BCUT2D eigenvalue weighted by molar-refractivity contribution is 0.192. The number of aryl methyl sites for hydroxylation is 2. The van der Waals surface area contributed by atoms with Gasteiger partial charge in [-0.3, -0.25) is 0 Å². The Morgan fingerprint density at radius 3 is 2.79 bits per heavy atom. The van der Waals surface area contributed by atoms with Gasteiger partial charge in [0.2, 0.25) is 5.88 Å². The average Bonchev–Trinajstić information content (AvgIpc) is 2.37. The molecule has 1 aliphatic rings. The summed E-state index contributed by atoms with van der Waals surface area (Å²) in [6.07, 6.45) is 6.61. The molecule has 1 aliphatic carbocycles. The van der Waals surface area contributed by atoms with Gasteiger partial charge >= 0.3 is 0 Å². The van der Waals surface area contributed by atoms with Crippen molar-refractivity contribution in [3.05, 3.63) is 35.0 Å². The Labute approximate surface area is 114 Å². The normalized spacial score (nSPS) is 22.0. The molecule has 0 amide bonds. The molecular formula is C16H20N2O. The number of nitriles is 1. The van der Waals surface area contributed by atoms with Crippen molar-refractivity contribution in [2.24, 2.45) is 11.8 Å². The first-order chi connectivity index (χ1) is 9.11. The largest absolute Gasteiger partial charge is 0.476 e. The summed E-state index contributed by atoms with van der Waals surface area (Å²) in [5.41, 5.74) is 2.38. The van der Waals surface area contributed by atoms with E-state index in [1.807, 2.05) is 19.9 Å². The number of allylic oxidation sites excluding steroid dienone is 2. The number of hydrogen-bond donors (Lipinski definition) is 0. The Morgan fingerprint density at radius 1 is 1.37 bits per heavy atom. The maximum Gasteiger partial charge on any atom is 0.232 e. The van der Waals surface area contributed by atoms with Gasteiger partial charge in [0.1, 0.15) is 11.6 Å². The van der Waals surface area contributed by atoms with Gasteiger partial charge in [0.25, 0.3) is 0 Å². The van der Waals surface area contributed by atoms with Crippen LogP contribution < -0.4 is 4.74 Å². The molecule has 0 spiro atoms. The number of ether oxygens (including phenoxy) is 1. The first kappa shape index (κ1) is 13.6. The number of hydrogen-bond acceptors (Lipinski definition) is 3. The Hall–Kier alpha value is -1.82. The molecular weight excluding hydrogens is 236 g/mol. The third-order valence-electron chi connectivity index (χ3n) is 3.78. The fraction of sp³-hybridized carbons (Fsp3) is 0.500. The van der Waals surface area contributed by atoms with E-state index in [-0.39, 0.29) is 0 Å². The molecule has 1 heterocycles. The van der Waals surface area contributed by atoms with Gasteiger partial charge in [-0.1, -0.05) is 19.1 Å². The summed E-state index contributed by atoms with van der Waals surface area (Å²) >= 11 is 0. The monoisotopic (exact) mass is 256 g/mol. The van der Waals surface area contributed by atoms with Gasteiger partial charge in [-0.05, 0) is 50.2 Å². The minimum atomic E-state index is 0.488. The predicted octanol–water partition coefficient (Wildman–Crippen LogP) is 3.55. The highest BCUT2D eigenvalue weighted by Crippen LogP contribution is 2.27. The van der Waals surface area contributed by atoms with E-state index in [0.717, 1.165) is 24.1 Å². The summed E-state index contributed by atoms with van der Waals surface area (Å²) in [6.45, 7) is 6.73.